The molecule has 0 aromatic heterocycles. The number of aliphatic hydroxyl groups excluding tert-OH is 3. The highest BCUT2D eigenvalue weighted by Crippen LogP contribution is 2.39. The van der Waals surface area contributed by atoms with Crippen molar-refractivity contribution in [1.29, 1.82) is 0 Å². The third-order valence-corrected chi connectivity index (χ3v) is 6.27. The third kappa shape index (κ3) is 5.90. The van der Waals surface area contributed by atoms with Gasteiger partial charge in [-0.15, -0.1) is 0 Å². The van der Waals surface area contributed by atoms with Crippen LogP contribution < -0.4 is 0 Å². The van der Waals surface area contributed by atoms with Gasteiger partial charge in [0, 0.05) is 24.9 Å². The molecule has 0 aromatic rings. The van der Waals surface area contributed by atoms with Crippen molar-refractivity contribution in [3.8, 4) is 0 Å². The largest absolute Gasteiger partial charge is 0.396 e. The second kappa shape index (κ2) is 10.4. The standard InChI is InChI=1S/C21H36O4/c1-2-15-12-16(13-15)19(23)10-9-18-17(20(24)14-21(18)25)8-6-4-3-5-7-11-22/h9-10,15-19,21-23,25H,2-8,11-14H2,1H3/b10-9+/t15?,16?,17-,18-,19+,21-/m1/s1. The SMILES string of the molecule is CCC1CC([C@@H](O)/C=C/[C@H]2[C@H](O)CC(=O)[C@@H]2CCCCCCCO)C1. The van der Waals surface area contributed by atoms with E-state index in [-0.39, 0.29) is 30.6 Å². The van der Waals surface area contributed by atoms with Crippen molar-refractivity contribution < 1.29 is 20.1 Å². The van der Waals surface area contributed by atoms with E-state index in [1.807, 2.05) is 12.2 Å². The van der Waals surface area contributed by atoms with Crippen LogP contribution in [-0.2, 0) is 4.79 Å². The molecular weight excluding hydrogens is 316 g/mol. The van der Waals surface area contributed by atoms with E-state index in [9.17, 15) is 15.0 Å². The molecule has 0 bridgehead atoms. The Kier molecular flexibility index (Phi) is 8.60. The van der Waals surface area contributed by atoms with Gasteiger partial charge in [0.15, 0.2) is 0 Å². The van der Waals surface area contributed by atoms with Crippen LogP contribution in [0.25, 0.3) is 0 Å². The first kappa shape index (κ1) is 20.6. The van der Waals surface area contributed by atoms with Gasteiger partial charge in [-0.1, -0.05) is 51.2 Å². The molecule has 4 atom stereocenters. The van der Waals surface area contributed by atoms with Gasteiger partial charge in [-0.3, -0.25) is 4.79 Å². The average molecular weight is 353 g/mol. The Morgan fingerprint density at radius 3 is 2.52 bits per heavy atom. The molecule has 4 nitrogen and oxygen atoms in total. The van der Waals surface area contributed by atoms with Crippen LogP contribution in [0.15, 0.2) is 12.2 Å². The van der Waals surface area contributed by atoms with Crippen LogP contribution in [0.3, 0.4) is 0 Å². The van der Waals surface area contributed by atoms with Gasteiger partial charge < -0.3 is 15.3 Å². The minimum absolute atomic E-state index is 0.0962. The molecule has 144 valence electrons. The quantitative estimate of drug-likeness (QED) is 0.394. The Bertz CT molecular complexity index is 428. The molecule has 2 aliphatic carbocycles. The summed E-state index contributed by atoms with van der Waals surface area (Å²) >= 11 is 0. The number of unbranched alkanes of at least 4 members (excludes halogenated alkanes) is 4. The van der Waals surface area contributed by atoms with Gasteiger partial charge in [0.05, 0.1) is 12.2 Å². The minimum Gasteiger partial charge on any atom is -0.396 e. The number of carbonyl (C=O) groups excluding carboxylic acids is 1. The van der Waals surface area contributed by atoms with Crippen LogP contribution in [0.2, 0.25) is 0 Å². The summed E-state index contributed by atoms with van der Waals surface area (Å²) in [5.74, 6) is 1.04. The first-order valence-corrected chi connectivity index (χ1v) is 10.2. The molecule has 0 saturated heterocycles. The van der Waals surface area contributed by atoms with Crippen LogP contribution in [0.1, 0.15) is 71.1 Å². The second-order valence-corrected chi connectivity index (χ2v) is 8.08. The van der Waals surface area contributed by atoms with Gasteiger partial charge in [0.1, 0.15) is 5.78 Å². The molecule has 0 radical (unpaired) electrons. The lowest BCUT2D eigenvalue weighted by molar-refractivity contribution is -0.121. The number of carbonyl (C=O) groups is 1. The Balaban J connectivity index is 1.78. The van der Waals surface area contributed by atoms with Crippen LogP contribution in [0.4, 0.5) is 0 Å². The highest BCUT2D eigenvalue weighted by atomic mass is 16.3. The van der Waals surface area contributed by atoms with E-state index in [1.165, 1.54) is 6.42 Å². The maximum atomic E-state index is 12.2. The summed E-state index contributed by atoms with van der Waals surface area (Å²) in [6.07, 6.45) is 12.2. The fourth-order valence-electron chi connectivity index (χ4n) is 4.40. The van der Waals surface area contributed by atoms with E-state index in [4.69, 9.17) is 5.11 Å². The zero-order valence-electron chi connectivity index (χ0n) is 15.6. The topological polar surface area (TPSA) is 77.8 Å². The fraction of sp³-hybridized carbons (Fsp3) is 0.857. The van der Waals surface area contributed by atoms with Crippen LogP contribution >= 0.6 is 0 Å². The van der Waals surface area contributed by atoms with E-state index < -0.39 is 12.2 Å². The summed E-state index contributed by atoms with van der Waals surface area (Å²) in [5, 5.41) is 29.3. The van der Waals surface area contributed by atoms with Gasteiger partial charge in [-0.25, -0.2) is 0 Å². The molecule has 2 fully saturated rings. The third-order valence-electron chi connectivity index (χ3n) is 6.27. The van der Waals surface area contributed by atoms with E-state index >= 15 is 0 Å². The molecular formula is C21H36O4. The van der Waals surface area contributed by atoms with Gasteiger partial charge >= 0.3 is 0 Å². The highest BCUT2D eigenvalue weighted by Gasteiger charge is 2.40. The van der Waals surface area contributed by atoms with Gasteiger partial charge in [-0.2, -0.15) is 0 Å². The predicted octanol–water partition coefficient (Wildman–Crippen LogP) is 3.24. The first-order valence-electron chi connectivity index (χ1n) is 10.2. The maximum absolute atomic E-state index is 12.2. The van der Waals surface area contributed by atoms with Crippen molar-refractivity contribution in [2.24, 2.45) is 23.7 Å². The molecule has 2 aliphatic rings. The van der Waals surface area contributed by atoms with E-state index in [0.717, 1.165) is 57.3 Å². The minimum atomic E-state index is -0.597. The highest BCUT2D eigenvalue weighted by molar-refractivity contribution is 5.84. The van der Waals surface area contributed by atoms with Gasteiger partial charge in [-0.05, 0) is 37.5 Å². The number of Topliss-reactive ketones (excluding diaryl/α,β-unsaturated/α-hetero) is 1. The van der Waals surface area contributed by atoms with Crippen molar-refractivity contribution in [3.63, 3.8) is 0 Å². The van der Waals surface area contributed by atoms with Crippen molar-refractivity contribution in [2.75, 3.05) is 6.61 Å². The van der Waals surface area contributed by atoms with E-state index in [1.54, 1.807) is 0 Å². The summed E-state index contributed by atoms with van der Waals surface area (Å²) in [6.45, 7) is 2.44. The van der Waals surface area contributed by atoms with Crippen LogP contribution in [0.5, 0.6) is 0 Å². The molecule has 2 saturated carbocycles. The van der Waals surface area contributed by atoms with Gasteiger partial charge in [0.25, 0.3) is 0 Å². The maximum Gasteiger partial charge on any atom is 0.139 e. The van der Waals surface area contributed by atoms with Crippen molar-refractivity contribution in [1.82, 2.24) is 0 Å². The zero-order chi connectivity index (χ0) is 18.2. The lowest BCUT2D eigenvalue weighted by atomic mass is 9.70. The number of aliphatic hydroxyl groups is 3. The van der Waals surface area contributed by atoms with Crippen molar-refractivity contribution in [2.45, 2.75) is 83.3 Å². The molecule has 2 rings (SSSR count). The monoisotopic (exact) mass is 352 g/mol. The Hall–Kier alpha value is -0.710. The normalized spacial score (nSPS) is 33.8. The smallest absolute Gasteiger partial charge is 0.139 e. The lowest BCUT2D eigenvalue weighted by Gasteiger charge is -2.37. The second-order valence-electron chi connectivity index (χ2n) is 8.08. The molecule has 0 aromatic carbocycles. The van der Waals surface area contributed by atoms with Crippen LogP contribution in [0, 0.1) is 23.7 Å². The molecule has 4 heteroatoms. The van der Waals surface area contributed by atoms with Gasteiger partial charge in [0.2, 0.25) is 0 Å². The molecule has 0 amide bonds. The summed E-state index contributed by atoms with van der Waals surface area (Å²) in [7, 11) is 0. The van der Waals surface area contributed by atoms with Crippen LogP contribution in [-0.4, -0.2) is 39.9 Å². The molecule has 0 heterocycles. The number of hydrogen-bond donors (Lipinski definition) is 3. The summed E-state index contributed by atoms with van der Waals surface area (Å²) in [5.41, 5.74) is 0. The number of hydrogen-bond acceptors (Lipinski definition) is 4. The van der Waals surface area contributed by atoms with Crippen molar-refractivity contribution >= 4 is 5.78 Å². The Morgan fingerprint density at radius 1 is 1.16 bits per heavy atom. The Morgan fingerprint density at radius 2 is 1.84 bits per heavy atom. The molecule has 3 N–H and O–H groups in total. The molecule has 0 spiro atoms. The average Bonchev–Trinajstić information content (AvgIpc) is 2.81. The summed E-state index contributed by atoms with van der Waals surface area (Å²) in [6, 6.07) is 0. The fourth-order valence-corrected chi connectivity index (χ4v) is 4.40. The zero-order valence-corrected chi connectivity index (χ0v) is 15.6. The van der Waals surface area contributed by atoms with E-state index in [2.05, 4.69) is 6.92 Å². The Labute approximate surface area is 152 Å². The number of rotatable bonds is 11. The lowest BCUT2D eigenvalue weighted by Crippen LogP contribution is -2.32. The summed E-state index contributed by atoms with van der Waals surface area (Å²) in [4.78, 5) is 12.2. The molecule has 0 aliphatic heterocycles. The number of ketones is 1. The molecule has 0 unspecified atom stereocenters. The predicted molar refractivity (Wildman–Crippen MR) is 99.1 cm³/mol. The molecule has 25 heavy (non-hydrogen) atoms. The first-order chi connectivity index (χ1) is 12.1. The van der Waals surface area contributed by atoms with Crippen molar-refractivity contribution in [3.05, 3.63) is 12.2 Å². The summed E-state index contributed by atoms with van der Waals surface area (Å²) < 4.78 is 0. The van der Waals surface area contributed by atoms with E-state index in [0.29, 0.717) is 5.92 Å².